The van der Waals surface area contributed by atoms with Gasteiger partial charge in [0.05, 0.1) is 0 Å². The third-order valence-corrected chi connectivity index (χ3v) is 2.09. The highest BCUT2D eigenvalue weighted by molar-refractivity contribution is 5.66. The molecule has 1 rings (SSSR count). The number of allylic oxidation sites excluding steroid dienone is 4. The van der Waals surface area contributed by atoms with Crippen LogP contribution in [0.5, 0.6) is 0 Å². The average Bonchev–Trinajstić information content (AvgIpc) is 2.15. The van der Waals surface area contributed by atoms with Crippen molar-refractivity contribution < 1.29 is 0 Å². The van der Waals surface area contributed by atoms with E-state index in [4.69, 9.17) is 0 Å². The van der Waals surface area contributed by atoms with E-state index >= 15 is 0 Å². The van der Waals surface area contributed by atoms with E-state index in [0.717, 1.165) is 5.57 Å². The predicted molar refractivity (Wildman–Crippen MR) is 53.3 cm³/mol. The summed E-state index contributed by atoms with van der Waals surface area (Å²) in [4.78, 5) is 4.10. The second-order valence-electron chi connectivity index (χ2n) is 3.48. The van der Waals surface area contributed by atoms with E-state index in [1.165, 1.54) is 11.1 Å². The summed E-state index contributed by atoms with van der Waals surface area (Å²) in [6, 6.07) is 0. The Labute approximate surface area is 74.2 Å². The molecule has 0 N–H and O–H groups in total. The molecule has 0 aromatic carbocycles. The standard InChI is InChI=1S/C11H15N/c1-8(2)11-5-9(3)10(4)6-12-7-11/h5,7-8H,1-4H3. The number of nitrogens with zero attached hydrogens (tertiary/aromatic N) is 1. The Kier molecular flexibility index (Phi) is 2.67. The maximum atomic E-state index is 4.10. The molecule has 1 heteroatoms. The minimum atomic E-state index is 0.538. The van der Waals surface area contributed by atoms with E-state index in [1.54, 1.807) is 0 Å². The van der Waals surface area contributed by atoms with Gasteiger partial charge in [0, 0.05) is 11.8 Å². The fraction of sp³-hybridized carbons (Fsp3) is 0.455. The fourth-order valence-electron chi connectivity index (χ4n) is 1.00. The molecule has 64 valence electrons. The van der Waals surface area contributed by atoms with Crippen LogP contribution in [0.2, 0.25) is 0 Å². The monoisotopic (exact) mass is 161 g/mol. The zero-order chi connectivity index (χ0) is 9.14. The van der Waals surface area contributed by atoms with Crippen molar-refractivity contribution in [3.05, 3.63) is 29.0 Å². The van der Waals surface area contributed by atoms with Crippen LogP contribution in [0, 0.1) is 5.92 Å². The zero-order valence-electron chi connectivity index (χ0n) is 8.18. The molecule has 0 bridgehead atoms. The summed E-state index contributed by atoms with van der Waals surface area (Å²) in [6.45, 7) is 8.48. The summed E-state index contributed by atoms with van der Waals surface area (Å²) < 4.78 is 0. The van der Waals surface area contributed by atoms with E-state index in [1.807, 2.05) is 13.1 Å². The van der Waals surface area contributed by atoms with Crippen LogP contribution in [0.1, 0.15) is 27.7 Å². The van der Waals surface area contributed by atoms with Crippen molar-refractivity contribution in [2.24, 2.45) is 10.9 Å². The molecule has 0 unspecified atom stereocenters. The molecule has 0 aromatic rings. The predicted octanol–water partition coefficient (Wildman–Crippen LogP) is 3.10. The van der Waals surface area contributed by atoms with Gasteiger partial charge in [-0.3, -0.25) is 0 Å². The van der Waals surface area contributed by atoms with Gasteiger partial charge < -0.3 is 0 Å². The minimum absolute atomic E-state index is 0.538. The molecule has 0 aromatic heterocycles. The van der Waals surface area contributed by atoms with Crippen LogP contribution in [0.15, 0.2) is 34.0 Å². The molecule has 0 saturated heterocycles. The van der Waals surface area contributed by atoms with Crippen molar-refractivity contribution in [3.63, 3.8) is 0 Å². The Morgan fingerprint density at radius 2 is 2.00 bits per heavy atom. The first-order valence-electron chi connectivity index (χ1n) is 4.29. The molecule has 0 radical (unpaired) electrons. The summed E-state index contributed by atoms with van der Waals surface area (Å²) >= 11 is 0. The van der Waals surface area contributed by atoms with Gasteiger partial charge in [0.15, 0.2) is 0 Å². The molecule has 0 saturated carbocycles. The van der Waals surface area contributed by atoms with Gasteiger partial charge in [0.25, 0.3) is 0 Å². The minimum Gasteiger partial charge on any atom is -0.214 e. The third-order valence-electron chi connectivity index (χ3n) is 2.09. The molecule has 1 nitrogen and oxygen atoms in total. The molecule has 0 atom stereocenters. The first-order chi connectivity index (χ1) is 5.61. The highest BCUT2D eigenvalue weighted by Gasteiger charge is 2.03. The van der Waals surface area contributed by atoms with E-state index in [2.05, 4.69) is 37.7 Å². The van der Waals surface area contributed by atoms with Gasteiger partial charge in [-0.25, -0.2) is 4.99 Å². The molecule has 1 aliphatic rings. The number of hydrogen-bond acceptors (Lipinski definition) is 1. The Morgan fingerprint density at radius 1 is 1.33 bits per heavy atom. The van der Waals surface area contributed by atoms with Crippen LogP contribution in [0.4, 0.5) is 0 Å². The maximum absolute atomic E-state index is 4.10. The third kappa shape index (κ3) is 1.96. The highest BCUT2D eigenvalue weighted by atomic mass is 14.7. The van der Waals surface area contributed by atoms with Crippen LogP contribution in [0.3, 0.4) is 0 Å². The first kappa shape index (κ1) is 9.02. The van der Waals surface area contributed by atoms with Gasteiger partial charge >= 0.3 is 0 Å². The summed E-state index contributed by atoms with van der Waals surface area (Å²) in [5, 5.41) is 0. The lowest BCUT2D eigenvalue weighted by molar-refractivity contribution is 0.787. The van der Waals surface area contributed by atoms with Gasteiger partial charge in [-0.15, -0.1) is 0 Å². The van der Waals surface area contributed by atoms with Crippen molar-refractivity contribution >= 4 is 5.87 Å². The molecular weight excluding hydrogens is 146 g/mol. The number of hydrogen-bond donors (Lipinski definition) is 0. The molecule has 0 fully saturated rings. The summed E-state index contributed by atoms with van der Waals surface area (Å²) in [5.74, 6) is 3.51. The van der Waals surface area contributed by atoms with Gasteiger partial charge in [-0.2, -0.15) is 0 Å². The van der Waals surface area contributed by atoms with Gasteiger partial charge in [-0.1, -0.05) is 19.9 Å². The van der Waals surface area contributed by atoms with Gasteiger partial charge in [0.1, 0.15) is 0 Å². The van der Waals surface area contributed by atoms with Crippen LogP contribution in [0.25, 0.3) is 0 Å². The zero-order valence-corrected chi connectivity index (χ0v) is 8.18. The fourth-order valence-corrected chi connectivity index (χ4v) is 1.00. The van der Waals surface area contributed by atoms with Crippen LogP contribution in [-0.4, -0.2) is 5.87 Å². The van der Waals surface area contributed by atoms with E-state index in [0.29, 0.717) is 5.92 Å². The molecule has 0 amide bonds. The SMILES string of the molecule is CC1=C=NC=C(C(C)C)C=C1C. The van der Waals surface area contributed by atoms with E-state index in [9.17, 15) is 0 Å². The Hall–Kier alpha value is -1.07. The van der Waals surface area contributed by atoms with Crippen molar-refractivity contribution in [3.8, 4) is 0 Å². The lowest BCUT2D eigenvalue weighted by Gasteiger charge is -2.04. The highest BCUT2D eigenvalue weighted by Crippen LogP contribution is 2.17. The average molecular weight is 161 g/mol. The summed E-state index contributed by atoms with van der Waals surface area (Å²) in [7, 11) is 0. The molecule has 0 spiro atoms. The van der Waals surface area contributed by atoms with Crippen molar-refractivity contribution in [1.82, 2.24) is 0 Å². The molecule has 1 heterocycles. The normalized spacial score (nSPS) is 16.9. The Balaban J connectivity index is 3.03. The van der Waals surface area contributed by atoms with Gasteiger partial charge in [-0.05, 0) is 36.8 Å². The second-order valence-corrected chi connectivity index (χ2v) is 3.48. The second kappa shape index (κ2) is 3.55. The Bertz CT molecular complexity index is 294. The van der Waals surface area contributed by atoms with Crippen LogP contribution >= 0.6 is 0 Å². The van der Waals surface area contributed by atoms with E-state index < -0.39 is 0 Å². The molecule has 0 aliphatic carbocycles. The quantitative estimate of drug-likeness (QED) is 0.560. The van der Waals surface area contributed by atoms with Gasteiger partial charge in [0.2, 0.25) is 0 Å². The smallest absolute Gasteiger partial charge is 0.0403 e. The largest absolute Gasteiger partial charge is 0.214 e. The van der Waals surface area contributed by atoms with Crippen molar-refractivity contribution in [2.75, 3.05) is 0 Å². The van der Waals surface area contributed by atoms with Crippen molar-refractivity contribution in [1.29, 1.82) is 0 Å². The molecule has 1 aliphatic heterocycles. The first-order valence-corrected chi connectivity index (χ1v) is 4.29. The number of aliphatic imine (C=N–C) groups is 1. The number of rotatable bonds is 1. The Morgan fingerprint density at radius 3 is 2.58 bits per heavy atom. The molecule has 12 heavy (non-hydrogen) atoms. The van der Waals surface area contributed by atoms with Crippen LogP contribution in [-0.2, 0) is 0 Å². The van der Waals surface area contributed by atoms with Crippen molar-refractivity contribution in [2.45, 2.75) is 27.7 Å². The van der Waals surface area contributed by atoms with E-state index in [-0.39, 0.29) is 0 Å². The summed E-state index contributed by atoms with van der Waals surface area (Å²) in [5.41, 5.74) is 3.66. The topological polar surface area (TPSA) is 12.4 Å². The maximum Gasteiger partial charge on any atom is 0.0403 e. The molecular formula is C11H15N. The van der Waals surface area contributed by atoms with Crippen LogP contribution < -0.4 is 0 Å². The lowest BCUT2D eigenvalue weighted by Crippen LogP contribution is -1.90. The lowest BCUT2D eigenvalue weighted by atomic mass is 10.0. The summed E-state index contributed by atoms with van der Waals surface area (Å²) in [6.07, 6.45) is 4.08.